The van der Waals surface area contributed by atoms with E-state index < -0.39 is 5.91 Å². The summed E-state index contributed by atoms with van der Waals surface area (Å²) in [5.41, 5.74) is 2.27. The number of hydrogen-bond acceptors (Lipinski definition) is 6. The number of aryl methyl sites for hydroxylation is 1. The van der Waals surface area contributed by atoms with Gasteiger partial charge in [-0.15, -0.1) is 0 Å². The van der Waals surface area contributed by atoms with E-state index in [2.05, 4.69) is 25.5 Å². The first-order chi connectivity index (χ1) is 11.5. The smallest absolute Gasteiger partial charge is 0.316 e. The molecular weight excluding hydrogens is 332 g/mol. The van der Waals surface area contributed by atoms with Crippen molar-refractivity contribution in [2.45, 2.75) is 26.9 Å². The fraction of sp³-hybridized carbons (Fsp3) is 0.267. The number of carbonyl (C=O) groups is 1. The van der Waals surface area contributed by atoms with Gasteiger partial charge in [0.05, 0.1) is 28.6 Å². The summed E-state index contributed by atoms with van der Waals surface area (Å²) >= 11 is 6.10. The number of carbonyl (C=O) groups excluding carboxylic acids is 1. The molecule has 9 heteroatoms. The minimum absolute atomic E-state index is 0.103. The van der Waals surface area contributed by atoms with Crippen molar-refractivity contribution in [3.63, 3.8) is 0 Å². The van der Waals surface area contributed by atoms with E-state index in [1.165, 1.54) is 0 Å². The lowest BCUT2D eigenvalue weighted by Gasteiger charge is -2.00. The highest BCUT2D eigenvalue weighted by molar-refractivity contribution is 6.31. The van der Waals surface area contributed by atoms with Crippen LogP contribution < -0.4 is 5.32 Å². The number of nitrogens with one attached hydrogen (secondary N) is 1. The van der Waals surface area contributed by atoms with Gasteiger partial charge in [-0.25, -0.2) is 0 Å². The minimum Gasteiger partial charge on any atom is -0.342 e. The zero-order valence-electron chi connectivity index (χ0n) is 13.2. The van der Waals surface area contributed by atoms with E-state index >= 15 is 0 Å². The summed E-state index contributed by atoms with van der Waals surface area (Å²) in [5.74, 6) is -0.209. The molecule has 3 heterocycles. The molecule has 0 unspecified atom stereocenters. The third-order valence-corrected chi connectivity index (χ3v) is 3.95. The van der Waals surface area contributed by atoms with Gasteiger partial charge >= 0.3 is 11.8 Å². The van der Waals surface area contributed by atoms with E-state index in [0.29, 0.717) is 10.8 Å². The molecule has 0 saturated heterocycles. The first kappa shape index (κ1) is 16.1. The van der Waals surface area contributed by atoms with Crippen LogP contribution in [0.4, 0.5) is 0 Å². The predicted molar refractivity (Wildman–Crippen MR) is 85.5 cm³/mol. The Kier molecular flexibility index (Phi) is 4.57. The molecule has 8 nitrogen and oxygen atoms in total. The largest absolute Gasteiger partial charge is 0.342 e. The van der Waals surface area contributed by atoms with Gasteiger partial charge in [0.2, 0.25) is 0 Å². The Morgan fingerprint density at radius 3 is 2.88 bits per heavy atom. The predicted octanol–water partition coefficient (Wildman–Crippen LogP) is 1.91. The SMILES string of the molecule is Cc1nn(Cc2noc(C(=O)NCc3ccccn3)n2)c(C)c1Cl. The van der Waals surface area contributed by atoms with Gasteiger partial charge in [0.1, 0.15) is 6.54 Å². The second kappa shape index (κ2) is 6.79. The van der Waals surface area contributed by atoms with Crippen LogP contribution in [0.2, 0.25) is 5.02 Å². The monoisotopic (exact) mass is 346 g/mol. The summed E-state index contributed by atoms with van der Waals surface area (Å²) in [6.07, 6.45) is 1.66. The maximum Gasteiger partial charge on any atom is 0.316 e. The number of rotatable bonds is 5. The fourth-order valence-corrected chi connectivity index (χ4v) is 2.26. The number of hydrogen-bond donors (Lipinski definition) is 1. The molecule has 0 radical (unpaired) electrons. The first-order valence-corrected chi connectivity index (χ1v) is 7.62. The van der Waals surface area contributed by atoms with E-state index in [1.807, 2.05) is 26.0 Å². The van der Waals surface area contributed by atoms with Crippen LogP contribution >= 0.6 is 11.6 Å². The Balaban J connectivity index is 1.64. The summed E-state index contributed by atoms with van der Waals surface area (Å²) in [7, 11) is 0. The zero-order chi connectivity index (χ0) is 17.1. The molecule has 0 aromatic carbocycles. The summed E-state index contributed by atoms with van der Waals surface area (Å²) in [5, 5.41) is 11.4. The standard InChI is InChI=1S/C15H15ClN6O2/c1-9-13(16)10(2)22(20-9)8-12-19-15(24-21-12)14(23)18-7-11-5-3-4-6-17-11/h3-6H,7-8H2,1-2H3,(H,18,23). The second-order valence-electron chi connectivity index (χ2n) is 5.16. The van der Waals surface area contributed by atoms with Crippen molar-refractivity contribution in [2.75, 3.05) is 0 Å². The van der Waals surface area contributed by atoms with Gasteiger partial charge in [0.15, 0.2) is 5.82 Å². The van der Waals surface area contributed by atoms with Crippen LogP contribution in [0.25, 0.3) is 0 Å². The number of pyridine rings is 1. The van der Waals surface area contributed by atoms with Gasteiger partial charge in [0, 0.05) is 6.20 Å². The molecule has 124 valence electrons. The average molecular weight is 347 g/mol. The molecule has 0 aliphatic carbocycles. The molecule has 0 atom stereocenters. The fourth-order valence-electron chi connectivity index (χ4n) is 2.12. The van der Waals surface area contributed by atoms with Crippen molar-refractivity contribution in [1.82, 2.24) is 30.2 Å². The molecule has 3 aromatic rings. The molecular formula is C15H15ClN6O2. The Morgan fingerprint density at radius 2 is 2.21 bits per heavy atom. The molecule has 0 saturated carbocycles. The maximum atomic E-state index is 12.0. The van der Waals surface area contributed by atoms with Crippen LogP contribution in [0.15, 0.2) is 28.9 Å². The summed E-state index contributed by atoms with van der Waals surface area (Å²) in [4.78, 5) is 20.2. The quantitative estimate of drug-likeness (QED) is 0.757. The van der Waals surface area contributed by atoms with Gasteiger partial charge in [-0.1, -0.05) is 22.8 Å². The van der Waals surface area contributed by atoms with E-state index in [0.717, 1.165) is 17.1 Å². The maximum absolute atomic E-state index is 12.0. The molecule has 0 bridgehead atoms. The molecule has 1 N–H and O–H groups in total. The highest BCUT2D eigenvalue weighted by Crippen LogP contribution is 2.19. The Hall–Kier alpha value is -2.74. The number of amides is 1. The number of nitrogens with zero attached hydrogens (tertiary/aromatic N) is 5. The third kappa shape index (κ3) is 3.43. The lowest BCUT2D eigenvalue weighted by Crippen LogP contribution is -2.23. The summed E-state index contributed by atoms with van der Waals surface area (Å²) in [6, 6.07) is 5.46. The lowest BCUT2D eigenvalue weighted by molar-refractivity contribution is 0.0906. The first-order valence-electron chi connectivity index (χ1n) is 7.25. The van der Waals surface area contributed by atoms with Crippen LogP contribution in [-0.4, -0.2) is 30.8 Å². The van der Waals surface area contributed by atoms with Crippen molar-refractivity contribution < 1.29 is 9.32 Å². The van der Waals surface area contributed by atoms with Gasteiger partial charge in [-0.05, 0) is 26.0 Å². The van der Waals surface area contributed by atoms with Crippen molar-refractivity contribution in [1.29, 1.82) is 0 Å². The van der Waals surface area contributed by atoms with Crippen LogP contribution in [-0.2, 0) is 13.1 Å². The van der Waals surface area contributed by atoms with Crippen LogP contribution in [0, 0.1) is 13.8 Å². The van der Waals surface area contributed by atoms with E-state index in [1.54, 1.807) is 16.9 Å². The lowest BCUT2D eigenvalue weighted by atomic mass is 10.3. The van der Waals surface area contributed by atoms with E-state index in [9.17, 15) is 4.79 Å². The Morgan fingerprint density at radius 1 is 1.38 bits per heavy atom. The Bertz CT molecular complexity index is 858. The molecule has 3 rings (SSSR count). The molecule has 1 amide bonds. The molecule has 24 heavy (non-hydrogen) atoms. The van der Waals surface area contributed by atoms with Crippen molar-refractivity contribution in [2.24, 2.45) is 0 Å². The van der Waals surface area contributed by atoms with Crippen molar-refractivity contribution in [3.05, 3.63) is 58.2 Å². The Labute approximate surface area is 142 Å². The number of aromatic nitrogens is 5. The summed E-state index contributed by atoms with van der Waals surface area (Å²) < 4.78 is 6.66. The molecule has 3 aromatic heterocycles. The highest BCUT2D eigenvalue weighted by atomic mass is 35.5. The van der Waals surface area contributed by atoms with Gasteiger partial charge in [-0.3, -0.25) is 14.5 Å². The molecule has 0 spiro atoms. The minimum atomic E-state index is -0.453. The van der Waals surface area contributed by atoms with Crippen molar-refractivity contribution in [3.8, 4) is 0 Å². The number of halogens is 1. The zero-order valence-corrected chi connectivity index (χ0v) is 13.9. The second-order valence-corrected chi connectivity index (χ2v) is 5.54. The molecule has 0 fully saturated rings. The summed E-state index contributed by atoms with van der Waals surface area (Å²) in [6.45, 7) is 4.22. The molecule has 0 aliphatic rings. The van der Waals surface area contributed by atoms with E-state index in [-0.39, 0.29) is 19.0 Å². The van der Waals surface area contributed by atoms with Gasteiger partial charge < -0.3 is 9.84 Å². The van der Waals surface area contributed by atoms with E-state index in [4.69, 9.17) is 16.1 Å². The third-order valence-electron chi connectivity index (χ3n) is 3.40. The van der Waals surface area contributed by atoms with Crippen molar-refractivity contribution >= 4 is 17.5 Å². The van der Waals surface area contributed by atoms with Gasteiger partial charge in [-0.2, -0.15) is 10.1 Å². The molecule has 0 aliphatic heterocycles. The van der Waals surface area contributed by atoms with Crippen LogP contribution in [0.5, 0.6) is 0 Å². The normalized spacial score (nSPS) is 10.8. The van der Waals surface area contributed by atoms with Crippen LogP contribution in [0.1, 0.15) is 33.6 Å². The highest BCUT2D eigenvalue weighted by Gasteiger charge is 2.17. The van der Waals surface area contributed by atoms with Gasteiger partial charge in [0.25, 0.3) is 0 Å². The topological polar surface area (TPSA) is 98.7 Å². The van der Waals surface area contributed by atoms with Crippen LogP contribution in [0.3, 0.4) is 0 Å². The average Bonchev–Trinajstić information content (AvgIpc) is 3.15.